The van der Waals surface area contributed by atoms with Gasteiger partial charge in [0.05, 0.1) is 19.0 Å². The van der Waals surface area contributed by atoms with E-state index in [1.165, 1.54) is 11.9 Å². The van der Waals surface area contributed by atoms with Crippen molar-refractivity contribution in [1.29, 1.82) is 0 Å². The Morgan fingerprint density at radius 2 is 1.72 bits per heavy atom. The van der Waals surface area contributed by atoms with Crippen LogP contribution in [-0.4, -0.2) is 50.3 Å². The molecule has 2 rings (SSSR count). The van der Waals surface area contributed by atoms with Crippen molar-refractivity contribution < 1.29 is 32.1 Å². The molecule has 0 aromatic rings. The molecule has 0 amide bonds. The molecule has 2 aliphatic rings. The van der Waals surface area contributed by atoms with Gasteiger partial charge >= 0.3 is 25.2 Å². The van der Waals surface area contributed by atoms with Gasteiger partial charge in [-0.05, 0) is 13.5 Å². The molecule has 1 saturated heterocycles. The zero-order valence-corrected chi connectivity index (χ0v) is 9.57. The van der Waals surface area contributed by atoms with Crippen molar-refractivity contribution in [1.82, 2.24) is 4.90 Å². The van der Waals surface area contributed by atoms with E-state index in [9.17, 15) is 22.8 Å². The molecule has 1 aliphatic heterocycles. The predicted molar refractivity (Wildman–Crippen MR) is 53.3 cm³/mol. The molecule has 1 saturated carbocycles. The van der Waals surface area contributed by atoms with Crippen LogP contribution >= 0.6 is 0 Å². The average molecular weight is 265 g/mol. The fourth-order valence-corrected chi connectivity index (χ4v) is 1.92. The highest BCUT2D eigenvalue weighted by Gasteiger charge is 2.64. The standard InChI is InChI=1S/C9H11BF3NO4/c1-14-3-7(15)17-10(18-8(16)4-14)6-2-5(6)9(11,12)13/h5-6H,2-4H2,1H3/t5-,6-/m0/s1. The summed E-state index contributed by atoms with van der Waals surface area (Å²) in [6.45, 7) is -0.288. The molecule has 0 spiro atoms. The lowest BCUT2D eigenvalue weighted by molar-refractivity contribution is -0.152. The number of hydrogen-bond donors (Lipinski definition) is 0. The van der Waals surface area contributed by atoms with Crippen LogP contribution in [0.5, 0.6) is 0 Å². The quantitative estimate of drug-likeness (QED) is 0.644. The van der Waals surface area contributed by atoms with Gasteiger partial charge in [-0.25, -0.2) is 0 Å². The zero-order chi connectivity index (χ0) is 13.5. The summed E-state index contributed by atoms with van der Waals surface area (Å²) in [4.78, 5) is 24.0. The lowest BCUT2D eigenvalue weighted by Gasteiger charge is -2.22. The van der Waals surface area contributed by atoms with E-state index in [2.05, 4.69) is 0 Å². The van der Waals surface area contributed by atoms with Gasteiger partial charge in [-0.3, -0.25) is 14.5 Å². The van der Waals surface area contributed by atoms with E-state index in [-0.39, 0.29) is 19.5 Å². The Balaban J connectivity index is 2.00. The lowest BCUT2D eigenvalue weighted by Crippen LogP contribution is -2.43. The van der Waals surface area contributed by atoms with Crippen LogP contribution < -0.4 is 0 Å². The van der Waals surface area contributed by atoms with Gasteiger partial charge in [-0.1, -0.05) is 0 Å². The van der Waals surface area contributed by atoms with Gasteiger partial charge in [-0.15, -0.1) is 0 Å². The smallest absolute Gasteiger partial charge is 0.498 e. The third kappa shape index (κ3) is 2.95. The fraction of sp³-hybridized carbons (Fsp3) is 0.778. The number of carbonyl (C=O) groups excluding carboxylic acids is 2. The van der Waals surface area contributed by atoms with Crippen molar-refractivity contribution >= 4 is 19.1 Å². The van der Waals surface area contributed by atoms with Gasteiger partial charge in [-0.2, -0.15) is 13.2 Å². The SMILES string of the molecule is CN1CC(=O)OB([C@H]2C[C@@H]2C(F)(F)F)OC(=O)C1. The van der Waals surface area contributed by atoms with Gasteiger partial charge in [0.25, 0.3) is 0 Å². The Bertz CT molecular complexity index is 355. The molecule has 1 aliphatic carbocycles. The summed E-state index contributed by atoms with van der Waals surface area (Å²) < 4.78 is 46.7. The highest BCUT2D eigenvalue weighted by Crippen LogP contribution is 2.56. The van der Waals surface area contributed by atoms with Gasteiger partial charge in [0.2, 0.25) is 0 Å². The molecule has 18 heavy (non-hydrogen) atoms. The number of halogens is 3. The molecule has 0 radical (unpaired) electrons. The maximum Gasteiger partial charge on any atom is 0.602 e. The Labute approximate surface area is 101 Å². The highest BCUT2D eigenvalue weighted by molar-refractivity contribution is 6.52. The first-order valence-electron chi connectivity index (χ1n) is 5.41. The number of likely N-dealkylation sites (N-methyl/N-ethyl adjacent to an activating group) is 1. The van der Waals surface area contributed by atoms with Crippen LogP contribution in [-0.2, 0) is 18.9 Å². The third-order valence-corrected chi connectivity index (χ3v) is 2.90. The Morgan fingerprint density at radius 1 is 1.22 bits per heavy atom. The van der Waals surface area contributed by atoms with Crippen LogP contribution in [0.4, 0.5) is 13.2 Å². The molecule has 5 nitrogen and oxygen atoms in total. The molecular weight excluding hydrogens is 254 g/mol. The number of rotatable bonds is 1. The van der Waals surface area contributed by atoms with Crippen LogP contribution in [0.3, 0.4) is 0 Å². The Kier molecular flexibility index (Phi) is 3.26. The highest BCUT2D eigenvalue weighted by atomic mass is 19.4. The van der Waals surface area contributed by atoms with Crippen LogP contribution in [0.1, 0.15) is 6.42 Å². The number of carbonyl (C=O) groups is 2. The molecule has 0 aromatic heterocycles. The number of hydrogen-bond acceptors (Lipinski definition) is 5. The molecule has 9 heteroatoms. The first-order chi connectivity index (χ1) is 8.27. The third-order valence-electron chi connectivity index (χ3n) is 2.90. The van der Waals surface area contributed by atoms with Crippen molar-refractivity contribution in [2.24, 2.45) is 5.92 Å². The van der Waals surface area contributed by atoms with Crippen molar-refractivity contribution in [3.05, 3.63) is 0 Å². The van der Waals surface area contributed by atoms with Crippen LogP contribution in [0.15, 0.2) is 0 Å². The molecule has 2 fully saturated rings. The van der Waals surface area contributed by atoms with E-state index < -0.39 is 37.0 Å². The zero-order valence-electron chi connectivity index (χ0n) is 9.57. The minimum Gasteiger partial charge on any atom is -0.498 e. The molecule has 0 bridgehead atoms. The molecule has 0 aromatic carbocycles. The summed E-state index contributed by atoms with van der Waals surface area (Å²) in [5, 5.41) is 0. The largest absolute Gasteiger partial charge is 0.602 e. The minimum absolute atomic E-state index is 0.144. The van der Waals surface area contributed by atoms with E-state index in [1.54, 1.807) is 0 Å². The monoisotopic (exact) mass is 265 g/mol. The first-order valence-corrected chi connectivity index (χ1v) is 5.41. The first kappa shape index (κ1) is 13.2. The second-order valence-corrected chi connectivity index (χ2v) is 4.57. The summed E-state index contributed by atoms with van der Waals surface area (Å²) >= 11 is 0. The second kappa shape index (κ2) is 4.45. The van der Waals surface area contributed by atoms with Crippen LogP contribution in [0.2, 0.25) is 5.82 Å². The summed E-state index contributed by atoms with van der Waals surface area (Å²) in [5.41, 5.74) is 0. The van der Waals surface area contributed by atoms with Gasteiger partial charge < -0.3 is 9.31 Å². The molecule has 100 valence electrons. The van der Waals surface area contributed by atoms with Gasteiger partial charge in [0, 0.05) is 5.82 Å². The normalized spacial score (nSPS) is 30.3. The van der Waals surface area contributed by atoms with Crippen molar-refractivity contribution in [2.75, 3.05) is 20.1 Å². The van der Waals surface area contributed by atoms with Crippen LogP contribution in [0, 0.1) is 5.92 Å². The van der Waals surface area contributed by atoms with Gasteiger partial charge in [0.1, 0.15) is 0 Å². The number of alkyl halides is 3. The minimum atomic E-state index is -4.34. The van der Waals surface area contributed by atoms with Gasteiger partial charge in [0.15, 0.2) is 0 Å². The molecular formula is C9H11BF3NO4. The fourth-order valence-electron chi connectivity index (χ4n) is 1.92. The van der Waals surface area contributed by atoms with E-state index in [0.717, 1.165) is 0 Å². The summed E-state index contributed by atoms with van der Waals surface area (Å²) in [6.07, 6.45) is -4.52. The summed E-state index contributed by atoms with van der Waals surface area (Å²) in [6, 6.07) is 0. The van der Waals surface area contributed by atoms with E-state index in [0.29, 0.717) is 0 Å². The lowest BCUT2D eigenvalue weighted by atomic mass is 9.80. The summed E-state index contributed by atoms with van der Waals surface area (Å²) in [7, 11) is 0.101. The average Bonchev–Trinajstić information content (AvgIpc) is 2.91. The maximum atomic E-state index is 12.4. The van der Waals surface area contributed by atoms with E-state index >= 15 is 0 Å². The summed E-state index contributed by atoms with van der Waals surface area (Å²) in [5.74, 6) is -3.91. The predicted octanol–water partition coefficient (Wildman–Crippen LogP) is 0.459. The molecule has 0 N–H and O–H groups in total. The van der Waals surface area contributed by atoms with Crippen molar-refractivity contribution in [3.63, 3.8) is 0 Å². The molecule has 0 unspecified atom stereocenters. The van der Waals surface area contributed by atoms with Crippen molar-refractivity contribution in [3.8, 4) is 0 Å². The Morgan fingerprint density at radius 3 is 2.11 bits per heavy atom. The van der Waals surface area contributed by atoms with Crippen LogP contribution in [0.25, 0.3) is 0 Å². The topological polar surface area (TPSA) is 55.8 Å². The maximum absolute atomic E-state index is 12.4. The number of nitrogens with zero attached hydrogens (tertiary/aromatic N) is 1. The second-order valence-electron chi connectivity index (χ2n) is 4.57. The molecule has 1 heterocycles. The Hall–Kier alpha value is -1.25. The van der Waals surface area contributed by atoms with E-state index in [4.69, 9.17) is 9.31 Å². The van der Waals surface area contributed by atoms with Crippen molar-refractivity contribution in [2.45, 2.75) is 18.4 Å². The van der Waals surface area contributed by atoms with E-state index in [1.807, 2.05) is 0 Å². The molecule has 2 atom stereocenters.